The maximum atomic E-state index is 13.4. The van der Waals surface area contributed by atoms with E-state index in [1.165, 1.54) is 19.2 Å². The highest BCUT2D eigenvalue weighted by Gasteiger charge is 2.28. The summed E-state index contributed by atoms with van der Waals surface area (Å²) in [6.45, 7) is 0. The van der Waals surface area contributed by atoms with Crippen LogP contribution in [0.4, 0.5) is 4.39 Å². The zero-order valence-electron chi connectivity index (χ0n) is 8.42. The number of ether oxygens (including phenoxy) is 1. The molecule has 0 heterocycles. The zero-order valence-corrected chi connectivity index (χ0v) is 8.42. The summed E-state index contributed by atoms with van der Waals surface area (Å²) in [6, 6.07) is 2.74. The fourth-order valence-corrected chi connectivity index (χ4v) is 1.65. The maximum Gasteiger partial charge on any atom is 0.251 e. The summed E-state index contributed by atoms with van der Waals surface area (Å²) in [5.74, 6) is -0.473. The van der Waals surface area contributed by atoms with Crippen molar-refractivity contribution in [2.24, 2.45) is 5.73 Å². The molecule has 1 saturated carbocycles. The molecule has 0 radical (unpaired) electrons. The Kier molecular flexibility index (Phi) is 2.34. The fraction of sp³-hybridized carbons (Fsp3) is 0.364. The molecule has 1 amide bonds. The number of rotatable bonds is 3. The molecule has 3 nitrogen and oxygen atoms in total. The van der Waals surface area contributed by atoms with Gasteiger partial charge in [0.15, 0.2) is 0 Å². The summed E-state index contributed by atoms with van der Waals surface area (Å²) >= 11 is 0. The van der Waals surface area contributed by atoms with Crippen molar-refractivity contribution in [3.05, 3.63) is 29.1 Å². The number of carbonyl (C=O) groups is 1. The Labute approximate surface area is 87.0 Å². The highest BCUT2D eigenvalue weighted by molar-refractivity contribution is 5.93. The molecule has 0 atom stereocenters. The topological polar surface area (TPSA) is 52.3 Å². The minimum absolute atomic E-state index is 0.0577. The van der Waals surface area contributed by atoms with Crippen LogP contribution >= 0.6 is 0 Å². The number of carbonyl (C=O) groups excluding carboxylic acids is 1. The summed E-state index contributed by atoms with van der Waals surface area (Å²) in [7, 11) is 1.49. The van der Waals surface area contributed by atoms with E-state index in [9.17, 15) is 9.18 Å². The number of primary amides is 1. The molecule has 0 saturated heterocycles. The number of hydrogen-bond acceptors (Lipinski definition) is 2. The predicted octanol–water partition coefficient (Wildman–Crippen LogP) is 1.81. The number of benzene rings is 1. The van der Waals surface area contributed by atoms with Gasteiger partial charge in [-0.3, -0.25) is 4.79 Å². The predicted molar refractivity (Wildman–Crippen MR) is 53.4 cm³/mol. The van der Waals surface area contributed by atoms with E-state index in [4.69, 9.17) is 10.5 Å². The molecule has 0 spiro atoms. The monoisotopic (exact) mass is 209 g/mol. The lowest BCUT2D eigenvalue weighted by atomic mass is 10.0. The number of nitrogens with two attached hydrogens (primary N) is 1. The molecule has 15 heavy (non-hydrogen) atoms. The van der Waals surface area contributed by atoms with Crippen LogP contribution in [0.1, 0.15) is 34.7 Å². The number of amides is 1. The van der Waals surface area contributed by atoms with E-state index in [2.05, 4.69) is 0 Å². The van der Waals surface area contributed by atoms with Gasteiger partial charge in [0.05, 0.1) is 12.7 Å². The SMILES string of the molecule is COc1cc(F)c(C(N)=O)cc1C1CC1. The van der Waals surface area contributed by atoms with Crippen molar-refractivity contribution in [1.82, 2.24) is 0 Å². The van der Waals surface area contributed by atoms with Crippen molar-refractivity contribution in [3.8, 4) is 5.75 Å². The summed E-state index contributed by atoms with van der Waals surface area (Å²) in [6.07, 6.45) is 2.11. The van der Waals surface area contributed by atoms with E-state index >= 15 is 0 Å². The Morgan fingerprint density at radius 2 is 2.20 bits per heavy atom. The van der Waals surface area contributed by atoms with Gasteiger partial charge in [0.2, 0.25) is 0 Å². The third-order valence-electron chi connectivity index (χ3n) is 2.60. The molecule has 1 aromatic rings. The number of halogens is 1. The summed E-state index contributed by atoms with van der Waals surface area (Å²) in [5, 5.41) is 0. The Balaban J connectivity index is 2.51. The van der Waals surface area contributed by atoms with Gasteiger partial charge in [0.25, 0.3) is 5.91 Å². The van der Waals surface area contributed by atoms with Gasteiger partial charge >= 0.3 is 0 Å². The minimum Gasteiger partial charge on any atom is -0.496 e. The van der Waals surface area contributed by atoms with Gasteiger partial charge in [-0.05, 0) is 30.4 Å². The molecule has 0 aliphatic heterocycles. The molecule has 1 fully saturated rings. The highest BCUT2D eigenvalue weighted by Crippen LogP contribution is 2.44. The standard InChI is InChI=1S/C11H12FNO2/c1-15-10-5-9(12)8(11(13)14)4-7(10)6-2-3-6/h4-6H,2-3H2,1H3,(H2,13,14). The summed E-state index contributed by atoms with van der Waals surface area (Å²) < 4.78 is 18.4. The first-order chi connectivity index (χ1) is 7.13. The molecule has 1 aromatic carbocycles. The summed E-state index contributed by atoms with van der Waals surface area (Å²) in [4.78, 5) is 11.0. The Morgan fingerprint density at radius 3 is 2.67 bits per heavy atom. The fourth-order valence-electron chi connectivity index (χ4n) is 1.65. The maximum absolute atomic E-state index is 13.4. The van der Waals surface area contributed by atoms with Crippen LogP contribution in [0.5, 0.6) is 5.75 Å². The average Bonchev–Trinajstić information content (AvgIpc) is 3.00. The van der Waals surface area contributed by atoms with Crippen LogP contribution in [0.25, 0.3) is 0 Å². The highest BCUT2D eigenvalue weighted by atomic mass is 19.1. The third-order valence-corrected chi connectivity index (χ3v) is 2.60. The van der Waals surface area contributed by atoms with Gasteiger partial charge in [-0.2, -0.15) is 0 Å². The van der Waals surface area contributed by atoms with Gasteiger partial charge in [-0.1, -0.05) is 0 Å². The van der Waals surface area contributed by atoms with E-state index in [1.807, 2.05) is 0 Å². The van der Waals surface area contributed by atoms with Crippen LogP contribution in [-0.2, 0) is 0 Å². The molecule has 0 unspecified atom stereocenters. The first-order valence-electron chi connectivity index (χ1n) is 4.80. The van der Waals surface area contributed by atoms with Crippen molar-refractivity contribution < 1.29 is 13.9 Å². The van der Waals surface area contributed by atoms with Crippen molar-refractivity contribution in [2.45, 2.75) is 18.8 Å². The number of hydrogen-bond donors (Lipinski definition) is 1. The van der Waals surface area contributed by atoms with Gasteiger partial charge in [0, 0.05) is 6.07 Å². The normalized spacial score (nSPS) is 15.1. The van der Waals surface area contributed by atoms with Crippen molar-refractivity contribution in [3.63, 3.8) is 0 Å². The second-order valence-corrected chi connectivity index (χ2v) is 3.71. The molecule has 0 bridgehead atoms. The van der Waals surface area contributed by atoms with Crippen molar-refractivity contribution in [2.75, 3.05) is 7.11 Å². The van der Waals surface area contributed by atoms with Crippen LogP contribution in [0.2, 0.25) is 0 Å². The lowest BCUT2D eigenvalue weighted by Gasteiger charge is -2.09. The second-order valence-electron chi connectivity index (χ2n) is 3.71. The zero-order chi connectivity index (χ0) is 11.0. The Morgan fingerprint density at radius 1 is 1.53 bits per heavy atom. The van der Waals surface area contributed by atoms with E-state index in [0.29, 0.717) is 11.7 Å². The molecule has 1 aliphatic rings. The van der Waals surface area contributed by atoms with E-state index in [1.54, 1.807) is 0 Å². The first-order valence-corrected chi connectivity index (χ1v) is 4.80. The minimum atomic E-state index is -0.739. The smallest absolute Gasteiger partial charge is 0.251 e. The van der Waals surface area contributed by atoms with Crippen LogP contribution in [-0.4, -0.2) is 13.0 Å². The lowest BCUT2D eigenvalue weighted by Crippen LogP contribution is -2.14. The summed E-state index contributed by atoms with van der Waals surface area (Å²) in [5.41, 5.74) is 5.90. The van der Waals surface area contributed by atoms with E-state index < -0.39 is 11.7 Å². The molecule has 2 rings (SSSR count). The second kappa shape index (κ2) is 3.53. The van der Waals surface area contributed by atoms with Crippen LogP contribution in [0.15, 0.2) is 12.1 Å². The van der Waals surface area contributed by atoms with Gasteiger partial charge in [-0.15, -0.1) is 0 Å². The van der Waals surface area contributed by atoms with Crippen LogP contribution in [0.3, 0.4) is 0 Å². The molecule has 80 valence electrons. The molecular formula is C11H12FNO2. The molecule has 0 aromatic heterocycles. The average molecular weight is 209 g/mol. The quantitative estimate of drug-likeness (QED) is 0.825. The third kappa shape index (κ3) is 1.79. The van der Waals surface area contributed by atoms with Crippen LogP contribution < -0.4 is 10.5 Å². The first kappa shape index (κ1) is 9.96. The van der Waals surface area contributed by atoms with Crippen molar-refractivity contribution in [1.29, 1.82) is 0 Å². The Bertz CT molecular complexity index is 413. The molecule has 4 heteroatoms. The van der Waals surface area contributed by atoms with E-state index in [-0.39, 0.29) is 5.56 Å². The largest absolute Gasteiger partial charge is 0.496 e. The van der Waals surface area contributed by atoms with Gasteiger partial charge < -0.3 is 10.5 Å². The number of methoxy groups -OCH3 is 1. The lowest BCUT2D eigenvalue weighted by molar-refractivity contribution is 0.0996. The molecule has 2 N–H and O–H groups in total. The van der Waals surface area contributed by atoms with Crippen molar-refractivity contribution >= 4 is 5.91 Å². The molecular weight excluding hydrogens is 197 g/mol. The van der Waals surface area contributed by atoms with Gasteiger partial charge in [-0.25, -0.2) is 4.39 Å². The van der Waals surface area contributed by atoms with Crippen LogP contribution in [0, 0.1) is 5.82 Å². The Hall–Kier alpha value is -1.58. The van der Waals surface area contributed by atoms with Gasteiger partial charge in [0.1, 0.15) is 11.6 Å². The van der Waals surface area contributed by atoms with E-state index in [0.717, 1.165) is 18.4 Å². The molecule has 1 aliphatic carbocycles.